The van der Waals surface area contributed by atoms with E-state index in [0.717, 1.165) is 34.8 Å². The first kappa shape index (κ1) is 27.6. The van der Waals surface area contributed by atoms with Crippen molar-refractivity contribution in [1.29, 1.82) is 0 Å². The summed E-state index contributed by atoms with van der Waals surface area (Å²) in [5.74, 6) is 3.43. The zero-order chi connectivity index (χ0) is 17.2. The van der Waals surface area contributed by atoms with Crippen molar-refractivity contribution in [3.8, 4) is 0 Å². The van der Waals surface area contributed by atoms with Crippen LogP contribution in [0.25, 0.3) is 0 Å². The minimum atomic E-state index is -1.22. The summed E-state index contributed by atoms with van der Waals surface area (Å²) in [6, 6.07) is 0. The Hall–Kier alpha value is 0.640. The quantitative estimate of drug-likeness (QED) is 0.261. The molecule has 0 amide bonds. The molecule has 4 aliphatic carbocycles. The van der Waals surface area contributed by atoms with Gasteiger partial charge in [0.1, 0.15) is 0 Å². The van der Waals surface area contributed by atoms with Crippen LogP contribution >= 0.6 is 17.0 Å². The second-order valence-electron chi connectivity index (χ2n) is 8.28. The van der Waals surface area contributed by atoms with Crippen LogP contribution in [0.4, 0.5) is 0 Å². The topological polar surface area (TPSA) is 0 Å². The van der Waals surface area contributed by atoms with E-state index >= 15 is 0 Å². The summed E-state index contributed by atoms with van der Waals surface area (Å²) < 4.78 is 0. The van der Waals surface area contributed by atoms with E-state index in [9.17, 15) is 0 Å². The second kappa shape index (κ2) is 12.4. The van der Waals surface area contributed by atoms with Gasteiger partial charge in [-0.2, -0.15) is 0 Å². The molecule has 27 heavy (non-hydrogen) atoms. The van der Waals surface area contributed by atoms with Crippen LogP contribution in [0, 0.1) is 38.5 Å². The molecule has 4 rings (SSSR count). The second-order valence-corrected chi connectivity index (χ2v) is 17.1. The van der Waals surface area contributed by atoms with Gasteiger partial charge in [0, 0.05) is 0 Å². The third-order valence-corrected chi connectivity index (χ3v) is 12.2. The van der Waals surface area contributed by atoms with Crippen molar-refractivity contribution < 1.29 is 20.8 Å². The van der Waals surface area contributed by atoms with Crippen molar-refractivity contribution in [1.82, 2.24) is 0 Å². The predicted octanol–water partition coefficient (Wildman–Crippen LogP) is 8.65. The zero-order valence-electron chi connectivity index (χ0n) is 16.7. The molecule has 0 nitrogen and oxygen atoms in total. The summed E-state index contributed by atoms with van der Waals surface area (Å²) in [6.45, 7) is 5.43. The average molecular weight is 505 g/mol. The van der Waals surface area contributed by atoms with E-state index in [1.165, 1.54) is 25.7 Å². The molecule has 0 aromatic rings. The van der Waals surface area contributed by atoms with Crippen LogP contribution in [0.15, 0.2) is 48.6 Å². The maximum absolute atomic E-state index is 4.93. The van der Waals surface area contributed by atoms with Gasteiger partial charge in [0.05, 0.1) is 8.07 Å². The predicted molar refractivity (Wildman–Crippen MR) is 125 cm³/mol. The fourth-order valence-corrected chi connectivity index (χ4v) is 11.0. The Morgan fingerprint density at radius 2 is 1.04 bits per heavy atom. The number of allylic oxidation sites excluding steroid dienone is 8. The fourth-order valence-electron chi connectivity index (χ4n) is 5.92. The van der Waals surface area contributed by atoms with Gasteiger partial charge in [-0.15, -0.1) is 0 Å². The average Bonchev–Trinajstić information content (AvgIpc) is 3.20. The summed E-state index contributed by atoms with van der Waals surface area (Å²) in [5.41, 5.74) is 2.01. The molecule has 0 radical (unpaired) electrons. The maximum atomic E-state index is 4.93. The Bertz CT molecular complexity index is 507. The van der Waals surface area contributed by atoms with Gasteiger partial charge in [-0.1, -0.05) is 82.0 Å². The Kier molecular flexibility index (Phi) is 12.7. The van der Waals surface area contributed by atoms with E-state index in [0.29, 0.717) is 0 Å². The van der Waals surface area contributed by atoms with Crippen LogP contribution in [0.1, 0.15) is 33.1 Å². The van der Waals surface area contributed by atoms with E-state index in [1.807, 2.05) is 0 Å². The van der Waals surface area contributed by atoms with Crippen LogP contribution in [0.2, 0.25) is 24.2 Å². The SMILES string of the molecule is C.C[Si](C)(C1CCC2C=CC=CC21)C1CCC2C=CC=CC21.[CH3-].[CH3-].[Cl][Zr+2][Cl]. The first-order chi connectivity index (χ1) is 11.6. The molecule has 0 aliphatic heterocycles. The molecular weight excluding hydrogens is 466 g/mol. The Morgan fingerprint density at radius 1 is 0.704 bits per heavy atom. The molecule has 2 fully saturated rings. The number of hydrogen-bond acceptors (Lipinski definition) is 0. The van der Waals surface area contributed by atoms with Crippen molar-refractivity contribution in [2.24, 2.45) is 23.7 Å². The van der Waals surface area contributed by atoms with Crippen LogP contribution in [0.5, 0.6) is 0 Å². The Morgan fingerprint density at radius 3 is 1.41 bits per heavy atom. The fraction of sp³-hybridized carbons (Fsp3) is 0.565. The molecule has 0 N–H and O–H groups in total. The third-order valence-electron chi connectivity index (χ3n) is 7.06. The van der Waals surface area contributed by atoms with Crippen molar-refractivity contribution in [2.75, 3.05) is 0 Å². The monoisotopic (exact) mass is 502 g/mol. The van der Waals surface area contributed by atoms with Gasteiger partial charge in [0.15, 0.2) is 0 Å². The third kappa shape index (κ3) is 5.84. The van der Waals surface area contributed by atoms with E-state index in [1.54, 1.807) is 0 Å². The van der Waals surface area contributed by atoms with Crippen molar-refractivity contribution in [3.05, 3.63) is 63.5 Å². The molecular formula is C23H38Cl2SiZr. The zero-order valence-corrected chi connectivity index (χ0v) is 21.6. The molecule has 152 valence electrons. The van der Waals surface area contributed by atoms with Gasteiger partial charge in [0.2, 0.25) is 0 Å². The summed E-state index contributed by atoms with van der Waals surface area (Å²) in [4.78, 5) is 0. The number of hydrogen-bond donors (Lipinski definition) is 0. The van der Waals surface area contributed by atoms with Gasteiger partial charge in [-0.25, -0.2) is 0 Å². The molecule has 6 atom stereocenters. The molecule has 0 heterocycles. The van der Waals surface area contributed by atoms with Crippen molar-refractivity contribution in [3.63, 3.8) is 0 Å². The number of halogens is 2. The van der Waals surface area contributed by atoms with Crippen LogP contribution in [-0.2, 0) is 20.8 Å². The van der Waals surface area contributed by atoms with E-state index in [4.69, 9.17) is 17.0 Å². The van der Waals surface area contributed by atoms with Gasteiger partial charge >= 0.3 is 37.9 Å². The molecule has 0 spiro atoms. The molecule has 0 aromatic carbocycles. The van der Waals surface area contributed by atoms with Crippen LogP contribution < -0.4 is 0 Å². The normalized spacial score (nSPS) is 34.7. The Labute approximate surface area is 189 Å². The molecule has 0 saturated heterocycles. The van der Waals surface area contributed by atoms with E-state index < -0.39 is 28.9 Å². The molecule has 0 bridgehead atoms. The summed E-state index contributed by atoms with van der Waals surface area (Å²) >= 11 is -0.826. The number of rotatable bonds is 2. The Balaban J connectivity index is 0.00000106. The summed E-state index contributed by atoms with van der Waals surface area (Å²) in [7, 11) is 8.64. The van der Waals surface area contributed by atoms with E-state index in [2.05, 4.69) is 61.7 Å². The molecule has 6 unspecified atom stereocenters. The first-order valence-electron chi connectivity index (χ1n) is 9.25. The van der Waals surface area contributed by atoms with Gasteiger partial charge in [0.25, 0.3) is 0 Å². The van der Waals surface area contributed by atoms with Crippen molar-refractivity contribution >= 4 is 25.1 Å². The van der Waals surface area contributed by atoms with Crippen LogP contribution in [-0.4, -0.2) is 8.07 Å². The molecule has 2 saturated carbocycles. The van der Waals surface area contributed by atoms with E-state index in [-0.39, 0.29) is 22.3 Å². The van der Waals surface area contributed by atoms with Gasteiger partial charge in [-0.3, -0.25) is 0 Å². The number of fused-ring (bicyclic) bond motifs is 2. The van der Waals surface area contributed by atoms with Gasteiger partial charge < -0.3 is 14.9 Å². The van der Waals surface area contributed by atoms with Gasteiger partial charge in [-0.05, 0) is 47.6 Å². The van der Waals surface area contributed by atoms with Crippen LogP contribution in [0.3, 0.4) is 0 Å². The first-order valence-corrected chi connectivity index (χ1v) is 18.7. The standard InChI is InChI=1S/C20H28Si.CH4.2CH3.2ClH.Zr/c1-21(2,19-13-11-15-7-3-5-9-17(15)19)20-14-12-16-8-4-6-10-18(16)20;;;;;;/h3-10,15-20H,11-14H2,1-2H3;1H4;2*1H3;2*1H;/q;;2*-1;;;+4/p-2. The molecule has 4 aliphatic rings. The summed E-state index contributed by atoms with van der Waals surface area (Å²) in [6.07, 6.45) is 25.1. The molecule has 0 aromatic heterocycles. The molecule has 4 heteroatoms. The minimum absolute atomic E-state index is 0. The van der Waals surface area contributed by atoms with Crippen molar-refractivity contribution in [2.45, 2.75) is 57.3 Å². The summed E-state index contributed by atoms with van der Waals surface area (Å²) in [5, 5.41) is 0.